The molecule has 3 N–H and O–H groups in total. The van der Waals surface area contributed by atoms with Crippen LogP contribution in [0.3, 0.4) is 0 Å². The van der Waals surface area contributed by atoms with E-state index in [1.165, 1.54) is 0 Å². The van der Waals surface area contributed by atoms with Crippen LogP contribution in [0.2, 0.25) is 0 Å². The Hall–Kier alpha value is -3.82. The number of aliphatic hydroxyl groups excluding tert-OH is 1. The van der Waals surface area contributed by atoms with E-state index in [1.807, 2.05) is 49.4 Å². The number of aryl methyl sites for hydroxylation is 2. The summed E-state index contributed by atoms with van der Waals surface area (Å²) >= 11 is 0. The van der Waals surface area contributed by atoms with Gasteiger partial charge in [-0.2, -0.15) is 0 Å². The van der Waals surface area contributed by atoms with Crippen LogP contribution < -0.4 is 21.5 Å². The molecule has 0 bridgehead atoms. The Bertz CT molecular complexity index is 1420. The van der Waals surface area contributed by atoms with E-state index in [1.54, 1.807) is 0 Å². The molecule has 0 aliphatic carbocycles. The third-order valence-corrected chi connectivity index (χ3v) is 5.80. The summed E-state index contributed by atoms with van der Waals surface area (Å²) in [6, 6.07) is 15.4. The van der Waals surface area contributed by atoms with E-state index in [0.29, 0.717) is 18.9 Å². The monoisotopic (exact) mass is 512 g/mol. The number of hydrogen-bond acceptors (Lipinski definition) is 7. The molecule has 0 spiro atoms. The highest BCUT2D eigenvalue weighted by molar-refractivity contribution is 5.85. The molecule has 0 aliphatic heterocycles. The second-order valence-electron chi connectivity index (χ2n) is 8.30. The van der Waals surface area contributed by atoms with Crippen LogP contribution in [0.25, 0.3) is 11.1 Å². The summed E-state index contributed by atoms with van der Waals surface area (Å²) < 4.78 is 11.8. The van der Waals surface area contributed by atoms with Gasteiger partial charge in [0.1, 0.15) is 18.2 Å². The minimum atomic E-state index is -0.775. The number of benzene rings is 2. The predicted molar refractivity (Wildman–Crippen MR) is 140 cm³/mol. The van der Waals surface area contributed by atoms with E-state index in [9.17, 15) is 9.59 Å². The van der Waals surface area contributed by atoms with E-state index in [4.69, 9.17) is 14.4 Å². The number of halogens is 1. The van der Waals surface area contributed by atoms with Gasteiger partial charge in [-0.1, -0.05) is 30.3 Å². The van der Waals surface area contributed by atoms with Gasteiger partial charge in [0.2, 0.25) is 0 Å². The lowest BCUT2D eigenvalue weighted by atomic mass is 9.93. The van der Waals surface area contributed by atoms with Gasteiger partial charge in [-0.15, -0.1) is 17.1 Å². The van der Waals surface area contributed by atoms with Gasteiger partial charge >= 0.3 is 11.4 Å². The van der Waals surface area contributed by atoms with E-state index in [0.717, 1.165) is 49.6 Å². The molecule has 10 heteroatoms. The van der Waals surface area contributed by atoms with Crippen LogP contribution in [0.1, 0.15) is 27.9 Å². The number of nitrogens with zero attached hydrogens (tertiary/aromatic N) is 2. The van der Waals surface area contributed by atoms with Gasteiger partial charge in [-0.3, -0.25) is 0 Å². The van der Waals surface area contributed by atoms with Crippen LogP contribution >= 0.6 is 12.4 Å². The maximum absolute atomic E-state index is 11.6. The van der Waals surface area contributed by atoms with Crippen LogP contribution in [0, 0.1) is 20.8 Å². The number of nitrogens with one attached hydrogen (secondary N) is 2. The number of hydrogen-bond donors (Lipinski definition) is 3. The van der Waals surface area contributed by atoms with E-state index < -0.39 is 11.4 Å². The van der Waals surface area contributed by atoms with Crippen molar-refractivity contribution in [2.24, 2.45) is 0 Å². The molecule has 0 radical (unpaired) electrons. The summed E-state index contributed by atoms with van der Waals surface area (Å²) in [6.07, 6.45) is 0. The third-order valence-electron chi connectivity index (χ3n) is 5.80. The molecule has 9 nitrogen and oxygen atoms in total. The molecular formula is C26H29ClN4O5. The molecule has 0 saturated heterocycles. The second kappa shape index (κ2) is 11.7. The smallest absolute Gasteiger partial charge is 0.440 e. The normalized spacial score (nSPS) is 10.7. The zero-order valence-corrected chi connectivity index (χ0v) is 21.1. The maximum Gasteiger partial charge on any atom is 0.440 e. The van der Waals surface area contributed by atoms with Gasteiger partial charge < -0.3 is 19.7 Å². The number of rotatable bonds is 9. The average molecular weight is 513 g/mol. The average Bonchev–Trinajstić information content (AvgIpc) is 3.14. The number of anilines is 1. The van der Waals surface area contributed by atoms with E-state index >= 15 is 0 Å². The minimum absolute atomic E-state index is 0. The largest absolute Gasteiger partial charge is 0.489 e. The summed E-state index contributed by atoms with van der Waals surface area (Å²) in [5.74, 6) is 0.666. The van der Waals surface area contributed by atoms with E-state index in [2.05, 4.69) is 35.2 Å². The zero-order valence-electron chi connectivity index (χ0n) is 20.3. The quantitative estimate of drug-likeness (QED) is 0.313. The molecule has 4 rings (SSSR count). The number of pyridine rings is 1. The minimum Gasteiger partial charge on any atom is -0.489 e. The van der Waals surface area contributed by atoms with Crippen molar-refractivity contribution in [3.05, 3.63) is 97.5 Å². The Labute approximate surface area is 214 Å². The first-order chi connectivity index (χ1) is 16.9. The van der Waals surface area contributed by atoms with Gasteiger partial charge in [0.15, 0.2) is 0 Å². The van der Waals surface area contributed by atoms with Crippen LogP contribution in [0.5, 0.6) is 5.75 Å². The fraction of sp³-hybridized carbons (Fsp3) is 0.269. The molecule has 0 atom stereocenters. The molecule has 4 aromatic rings. The predicted octanol–water partition coefficient (Wildman–Crippen LogP) is 3.57. The highest BCUT2D eigenvalue weighted by atomic mass is 35.5. The van der Waals surface area contributed by atoms with Crippen LogP contribution in [0.15, 0.2) is 62.6 Å². The molecule has 2 aromatic heterocycles. The Balaban J connectivity index is 0.00000361. The van der Waals surface area contributed by atoms with Gasteiger partial charge in [0, 0.05) is 17.8 Å². The Kier molecular flexibility index (Phi) is 8.73. The summed E-state index contributed by atoms with van der Waals surface area (Å²) in [5, 5.41) is 12.2. The van der Waals surface area contributed by atoms with E-state index in [-0.39, 0.29) is 25.6 Å². The molecule has 36 heavy (non-hydrogen) atoms. The Morgan fingerprint density at radius 3 is 2.50 bits per heavy atom. The lowest BCUT2D eigenvalue weighted by Gasteiger charge is -2.17. The van der Waals surface area contributed by atoms with Gasteiger partial charge in [-0.05, 0) is 66.8 Å². The Morgan fingerprint density at radius 2 is 1.86 bits per heavy atom. The SMILES string of the molecule is Cc1cc(NCCO)nc(C)c1-c1cccc(COc2ccc(Cn3oc(=O)[nH]c3=O)cc2)c1C.Cl. The highest BCUT2D eigenvalue weighted by Gasteiger charge is 2.14. The summed E-state index contributed by atoms with van der Waals surface area (Å²) in [6.45, 7) is 7.19. The standard InChI is InChI=1S/C26H28N4O5.ClH/c1-16-13-23(27-11-12-31)28-18(3)24(16)22-6-4-5-20(17(22)2)15-34-21-9-7-19(8-10-21)14-30-25(32)29-26(33)35-30;/h4-10,13,31H,11-12,14-15H2,1-3H3,(H,27,28)(H,29,32,33);1H. The first kappa shape index (κ1) is 26.8. The lowest BCUT2D eigenvalue weighted by Crippen LogP contribution is -2.17. The van der Waals surface area contributed by atoms with Crippen molar-refractivity contribution in [2.75, 3.05) is 18.5 Å². The Morgan fingerprint density at radius 1 is 1.11 bits per heavy atom. The molecule has 0 fully saturated rings. The van der Waals surface area contributed by atoms with Gasteiger partial charge in [0.25, 0.3) is 0 Å². The molecule has 0 saturated carbocycles. The highest BCUT2D eigenvalue weighted by Crippen LogP contribution is 2.32. The topological polar surface area (TPSA) is 122 Å². The van der Waals surface area contributed by atoms with Crippen molar-refractivity contribution in [1.29, 1.82) is 0 Å². The molecule has 190 valence electrons. The lowest BCUT2D eigenvalue weighted by molar-refractivity contribution is 0.258. The fourth-order valence-corrected chi connectivity index (χ4v) is 4.06. The van der Waals surface area contributed by atoms with Crippen LogP contribution in [-0.2, 0) is 13.2 Å². The third kappa shape index (κ3) is 6.05. The van der Waals surface area contributed by atoms with Crippen molar-refractivity contribution in [3.63, 3.8) is 0 Å². The second-order valence-corrected chi connectivity index (χ2v) is 8.30. The molecule has 0 amide bonds. The first-order valence-electron chi connectivity index (χ1n) is 11.3. The number of aliphatic hydroxyl groups is 1. The maximum atomic E-state index is 11.6. The number of aromatic nitrogens is 3. The van der Waals surface area contributed by atoms with Crippen molar-refractivity contribution in [3.8, 4) is 16.9 Å². The first-order valence-corrected chi connectivity index (χ1v) is 11.3. The fourth-order valence-electron chi connectivity index (χ4n) is 4.06. The van der Waals surface area contributed by atoms with Gasteiger partial charge in [0.05, 0.1) is 13.2 Å². The van der Waals surface area contributed by atoms with Crippen molar-refractivity contribution in [1.82, 2.24) is 14.7 Å². The van der Waals surface area contributed by atoms with Crippen molar-refractivity contribution in [2.45, 2.75) is 33.9 Å². The number of ether oxygens (including phenoxy) is 1. The van der Waals surface area contributed by atoms with Gasteiger partial charge in [-0.25, -0.2) is 19.6 Å². The summed E-state index contributed by atoms with van der Waals surface area (Å²) in [7, 11) is 0. The molecule has 2 heterocycles. The van der Waals surface area contributed by atoms with Crippen molar-refractivity contribution < 1.29 is 14.4 Å². The number of H-pyrrole nitrogens is 1. The molecule has 0 aliphatic rings. The molecule has 2 aromatic carbocycles. The number of aromatic amines is 1. The van der Waals surface area contributed by atoms with Crippen LogP contribution in [-0.4, -0.2) is 33.0 Å². The van der Waals surface area contributed by atoms with Crippen LogP contribution in [0.4, 0.5) is 5.82 Å². The molecular weight excluding hydrogens is 484 g/mol. The summed E-state index contributed by atoms with van der Waals surface area (Å²) in [4.78, 5) is 29.5. The zero-order chi connectivity index (χ0) is 24.9. The molecule has 0 unspecified atom stereocenters. The summed E-state index contributed by atoms with van der Waals surface area (Å²) in [5.41, 5.74) is 6.62. The van der Waals surface area contributed by atoms with Crippen molar-refractivity contribution >= 4 is 18.2 Å².